The Labute approximate surface area is 102 Å². The van der Waals surface area contributed by atoms with Gasteiger partial charge in [0.25, 0.3) is 0 Å². The summed E-state index contributed by atoms with van der Waals surface area (Å²) in [6, 6.07) is 5.83. The normalized spacial score (nSPS) is 18.7. The third-order valence-electron chi connectivity index (χ3n) is 3.47. The summed E-state index contributed by atoms with van der Waals surface area (Å²) < 4.78 is 5.13. The second kappa shape index (κ2) is 5.07. The largest absolute Gasteiger partial charge is 0.497 e. The van der Waals surface area contributed by atoms with Gasteiger partial charge < -0.3 is 10.5 Å². The molecule has 1 unspecified atom stereocenters. The van der Waals surface area contributed by atoms with Crippen LogP contribution in [0.15, 0.2) is 18.2 Å². The van der Waals surface area contributed by atoms with Crippen molar-refractivity contribution in [2.24, 2.45) is 11.7 Å². The van der Waals surface area contributed by atoms with E-state index in [9.17, 15) is 0 Å². The number of nitrogens with two attached hydrogens (primary N) is 1. The van der Waals surface area contributed by atoms with Gasteiger partial charge in [0, 0.05) is 11.1 Å². The van der Waals surface area contributed by atoms with Crippen molar-refractivity contribution < 1.29 is 4.74 Å². The summed E-state index contributed by atoms with van der Waals surface area (Å²) in [6.45, 7) is 0. The molecule has 0 saturated heterocycles. The summed E-state index contributed by atoms with van der Waals surface area (Å²) >= 11 is 6.22. The van der Waals surface area contributed by atoms with Crippen LogP contribution in [-0.2, 0) is 0 Å². The summed E-state index contributed by atoms with van der Waals surface area (Å²) in [4.78, 5) is 0. The number of methoxy groups -OCH3 is 1. The molecule has 1 aromatic rings. The Balaban J connectivity index is 2.19. The van der Waals surface area contributed by atoms with Crippen LogP contribution in [0.2, 0.25) is 5.02 Å². The van der Waals surface area contributed by atoms with E-state index < -0.39 is 0 Å². The molecule has 1 saturated carbocycles. The standard InChI is InChI=1S/C13H18ClNO/c1-16-10-6-7-11(12(14)8-10)13(15)9-4-2-3-5-9/h6-9,13H,2-5,15H2,1H3. The molecule has 2 N–H and O–H groups in total. The van der Waals surface area contributed by atoms with E-state index in [4.69, 9.17) is 22.1 Å². The van der Waals surface area contributed by atoms with Crippen molar-refractivity contribution in [1.82, 2.24) is 0 Å². The average Bonchev–Trinajstić information content (AvgIpc) is 2.81. The van der Waals surface area contributed by atoms with Gasteiger partial charge in [0.1, 0.15) is 5.75 Å². The lowest BCUT2D eigenvalue weighted by Gasteiger charge is -2.20. The smallest absolute Gasteiger partial charge is 0.120 e. The number of rotatable bonds is 3. The van der Waals surface area contributed by atoms with Crippen LogP contribution in [0.5, 0.6) is 5.75 Å². The third-order valence-corrected chi connectivity index (χ3v) is 3.80. The van der Waals surface area contributed by atoms with Crippen molar-refractivity contribution in [3.05, 3.63) is 28.8 Å². The van der Waals surface area contributed by atoms with E-state index in [1.54, 1.807) is 7.11 Å². The SMILES string of the molecule is COc1ccc(C(N)C2CCCC2)c(Cl)c1. The fourth-order valence-corrected chi connectivity index (χ4v) is 2.77. The first kappa shape index (κ1) is 11.7. The summed E-state index contributed by atoms with van der Waals surface area (Å²) in [6.07, 6.45) is 5.05. The van der Waals surface area contributed by atoms with Gasteiger partial charge in [0.2, 0.25) is 0 Å². The first-order valence-electron chi connectivity index (χ1n) is 5.81. The molecule has 1 atom stereocenters. The lowest BCUT2D eigenvalue weighted by Crippen LogP contribution is -2.19. The zero-order valence-corrected chi connectivity index (χ0v) is 10.3. The molecule has 0 heterocycles. The number of hydrogen-bond acceptors (Lipinski definition) is 2. The maximum atomic E-state index is 6.27. The Hall–Kier alpha value is -0.730. The molecule has 1 aliphatic rings. The number of ether oxygens (including phenoxy) is 1. The number of halogens is 1. The molecule has 0 spiro atoms. The van der Waals surface area contributed by atoms with Crippen molar-refractivity contribution in [1.29, 1.82) is 0 Å². The van der Waals surface area contributed by atoms with Gasteiger partial charge in [-0.25, -0.2) is 0 Å². The molecule has 88 valence electrons. The molecule has 0 aromatic heterocycles. The van der Waals surface area contributed by atoms with Gasteiger partial charge in [-0.1, -0.05) is 30.5 Å². The van der Waals surface area contributed by atoms with Crippen LogP contribution in [-0.4, -0.2) is 7.11 Å². The second-order valence-corrected chi connectivity index (χ2v) is 4.86. The Bertz CT molecular complexity index is 361. The summed E-state index contributed by atoms with van der Waals surface area (Å²) in [5.41, 5.74) is 7.32. The molecule has 1 aromatic carbocycles. The summed E-state index contributed by atoms with van der Waals surface area (Å²) in [5.74, 6) is 1.37. The minimum atomic E-state index is 0.0703. The molecule has 1 fully saturated rings. The van der Waals surface area contributed by atoms with E-state index in [-0.39, 0.29) is 6.04 Å². The van der Waals surface area contributed by atoms with Crippen molar-refractivity contribution in [2.45, 2.75) is 31.7 Å². The molecule has 0 amide bonds. The van der Waals surface area contributed by atoms with Gasteiger partial charge in [-0.2, -0.15) is 0 Å². The monoisotopic (exact) mass is 239 g/mol. The van der Waals surface area contributed by atoms with Gasteiger partial charge in [0.05, 0.1) is 7.11 Å². The lowest BCUT2D eigenvalue weighted by molar-refractivity contribution is 0.413. The fourth-order valence-electron chi connectivity index (χ4n) is 2.48. The summed E-state index contributed by atoms with van der Waals surface area (Å²) in [5, 5.41) is 0.721. The van der Waals surface area contributed by atoms with Crippen LogP contribution in [0.3, 0.4) is 0 Å². The molecule has 2 rings (SSSR count). The lowest BCUT2D eigenvalue weighted by atomic mass is 9.92. The van der Waals surface area contributed by atoms with Crippen molar-refractivity contribution in [2.75, 3.05) is 7.11 Å². The molecule has 0 bridgehead atoms. The molecule has 16 heavy (non-hydrogen) atoms. The van der Waals surface area contributed by atoms with Crippen LogP contribution in [0.25, 0.3) is 0 Å². The van der Waals surface area contributed by atoms with Gasteiger partial charge in [0.15, 0.2) is 0 Å². The second-order valence-electron chi connectivity index (χ2n) is 4.46. The zero-order valence-electron chi connectivity index (χ0n) is 9.58. The first-order chi connectivity index (χ1) is 7.72. The Kier molecular flexibility index (Phi) is 3.72. The van der Waals surface area contributed by atoms with E-state index in [0.717, 1.165) is 16.3 Å². The molecular weight excluding hydrogens is 222 g/mol. The van der Waals surface area contributed by atoms with Crippen LogP contribution in [0.1, 0.15) is 37.3 Å². The van der Waals surface area contributed by atoms with E-state index in [2.05, 4.69) is 0 Å². The minimum Gasteiger partial charge on any atom is -0.497 e. The maximum Gasteiger partial charge on any atom is 0.120 e. The van der Waals surface area contributed by atoms with E-state index in [0.29, 0.717) is 5.92 Å². The van der Waals surface area contributed by atoms with Crippen LogP contribution in [0.4, 0.5) is 0 Å². The van der Waals surface area contributed by atoms with E-state index in [1.165, 1.54) is 25.7 Å². The topological polar surface area (TPSA) is 35.2 Å². The van der Waals surface area contributed by atoms with Crippen LogP contribution in [0, 0.1) is 5.92 Å². The van der Waals surface area contributed by atoms with Crippen LogP contribution < -0.4 is 10.5 Å². The van der Waals surface area contributed by atoms with Gasteiger partial charge in [-0.05, 0) is 36.5 Å². The highest BCUT2D eigenvalue weighted by molar-refractivity contribution is 6.31. The Morgan fingerprint density at radius 3 is 2.62 bits per heavy atom. The van der Waals surface area contributed by atoms with Gasteiger partial charge >= 0.3 is 0 Å². The Morgan fingerprint density at radius 1 is 1.38 bits per heavy atom. The predicted octanol–water partition coefficient (Wildman–Crippen LogP) is 3.54. The average molecular weight is 240 g/mol. The number of benzene rings is 1. The molecule has 1 aliphatic carbocycles. The molecule has 0 aliphatic heterocycles. The van der Waals surface area contributed by atoms with Gasteiger partial charge in [-0.3, -0.25) is 0 Å². The molecular formula is C13H18ClNO. The van der Waals surface area contributed by atoms with Crippen molar-refractivity contribution in [3.63, 3.8) is 0 Å². The molecule has 0 radical (unpaired) electrons. The predicted molar refractivity (Wildman–Crippen MR) is 66.9 cm³/mol. The van der Waals surface area contributed by atoms with Crippen molar-refractivity contribution >= 4 is 11.6 Å². The highest BCUT2D eigenvalue weighted by Crippen LogP contribution is 2.37. The first-order valence-corrected chi connectivity index (χ1v) is 6.19. The van der Waals surface area contributed by atoms with E-state index >= 15 is 0 Å². The zero-order chi connectivity index (χ0) is 11.5. The third kappa shape index (κ3) is 2.33. The molecule has 2 nitrogen and oxygen atoms in total. The molecule has 3 heteroatoms. The Morgan fingerprint density at radius 2 is 2.06 bits per heavy atom. The highest BCUT2D eigenvalue weighted by atomic mass is 35.5. The quantitative estimate of drug-likeness (QED) is 0.876. The number of hydrogen-bond donors (Lipinski definition) is 1. The fraction of sp³-hybridized carbons (Fsp3) is 0.538. The van der Waals surface area contributed by atoms with Gasteiger partial charge in [-0.15, -0.1) is 0 Å². The minimum absolute atomic E-state index is 0.0703. The van der Waals surface area contributed by atoms with E-state index in [1.807, 2.05) is 18.2 Å². The van der Waals surface area contributed by atoms with Crippen LogP contribution >= 0.6 is 11.6 Å². The highest BCUT2D eigenvalue weighted by Gasteiger charge is 2.24. The summed E-state index contributed by atoms with van der Waals surface area (Å²) in [7, 11) is 1.64. The maximum absolute atomic E-state index is 6.27. The van der Waals surface area contributed by atoms with Crippen molar-refractivity contribution in [3.8, 4) is 5.75 Å².